The predicted molar refractivity (Wildman–Crippen MR) is 89.4 cm³/mol. The van der Waals surface area contributed by atoms with E-state index in [1.165, 1.54) is 30.5 Å². The lowest BCUT2D eigenvalue weighted by Gasteiger charge is -2.35. The Morgan fingerprint density at radius 2 is 2.05 bits per heavy atom. The predicted octanol–water partition coefficient (Wildman–Crippen LogP) is 2.56. The van der Waals surface area contributed by atoms with Gasteiger partial charge in [0.2, 0.25) is 0 Å². The first-order valence-corrected chi connectivity index (χ1v) is 8.13. The maximum Gasteiger partial charge on any atom is 0.0534 e. The molecule has 1 fully saturated rings. The Kier molecular flexibility index (Phi) is 4.60. The molecule has 1 saturated heterocycles. The molecule has 0 saturated carbocycles. The zero-order chi connectivity index (χ0) is 15.4. The summed E-state index contributed by atoms with van der Waals surface area (Å²) in [6, 6.07) is 10.8. The molecule has 4 nitrogen and oxygen atoms in total. The van der Waals surface area contributed by atoms with Gasteiger partial charge in [0.1, 0.15) is 0 Å². The molecule has 1 aliphatic rings. The summed E-state index contributed by atoms with van der Waals surface area (Å²) in [5.74, 6) is 0. The van der Waals surface area contributed by atoms with Crippen LogP contribution in [0.5, 0.6) is 0 Å². The van der Waals surface area contributed by atoms with E-state index in [0.717, 1.165) is 19.6 Å². The molecular weight excluding hydrogens is 272 g/mol. The quantitative estimate of drug-likeness (QED) is 0.890. The zero-order valence-corrected chi connectivity index (χ0v) is 13.6. The number of likely N-dealkylation sites (tertiary alicyclic amines) is 1. The van der Waals surface area contributed by atoms with E-state index in [1.807, 2.05) is 17.9 Å². The molecule has 1 atom stereocenters. The minimum absolute atomic E-state index is 0.248. The Labute approximate surface area is 133 Å². The monoisotopic (exact) mass is 298 g/mol. The molecule has 1 N–H and O–H groups in total. The van der Waals surface area contributed by atoms with Crippen LogP contribution >= 0.6 is 0 Å². The average Bonchev–Trinajstić information content (AvgIpc) is 3.08. The van der Waals surface area contributed by atoms with Gasteiger partial charge in [0.25, 0.3) is 0 Å². The normalized spacial score (nSPS) is 22.3. The number of rotatable bonds is 6. The highest BCUT2D eigenvalue weighted by atomic mass is 15.2. The van der Waals surface area contributed by atoms with Crippen LogP contribution in [0.3, 0.4) is 0 Å². The molecule has 1 aliphatic heterocycles. The second-order valence-electron chi connectivity index (χ2n) is 6.63. The van der Waals surface area contributed by atoms with E-state index in [2.05, 4.69) is 58.8 Å². The maximum absolute atomic E-state index is 4.22. The zero-order valence-electron chi connectivity index (χ0n) is 13.6. The highest BCUT2D eigenvalue weighted by Crippen LogP contribution is 2.30. The molecule has 2 heterocycles. The molecule has 1 aromatic heterocycles. The Bertz CT molecular complexity index is 592. The molecule has 0 amide bonds. The molecule has 0 aliphatic carbocycles. The standard InChI is InChI=1S/C18H26N4/c1-18(15-19-11-17-12-20-21(2)13-17)9-6-10-22(18)14-16-7-4-3-5-8-16/h3-5,7-8,12-13,19H,6,9-11,14-15H2,1-2H3. The number of nitrogens with zero attached hydrogens (tertiary/aromatic N) is 3. The lowest BCUT2D eigenvalue weighted by atomic mass is 9.98. The van der Waals surface area contributed by atoms with E-state index in [9.17, 15) is 0 Å². The van der Waals surface area contributed by atoms with Crippen molar-refractivity contribution in [2.75, 3.05) is 13.1 Å². The van der Waals surface area contributed by atoms with Crippen molar-refractivity contribution in [3.05, 3.63) is 53.9 Å². The van der Waals surface area contributed by atoms with Crippen LogP contribution in [0.15, 0.2) is 42.7 Å². The van der Waals surface area contributed by atoms with E-state index in [4.69, 9.17) is 0 Å². The van der Waals surface area contributed by atoms with Crippen molar-refractivity contribution in [2.45, 2.75) is 38.4 Å². The fourth-order valence-electron chi connectivity index (χ4n) is 3.39. The molecule has 3 rings (SSSR count). The highest BCUT2D eigenvalue weighted by molar-refractivity contribution is 5.15. The van der Waals surface area contributed by atoms with E-state index >= 15 is 0 Å². The lowest BCUT2D eigenvalue weighted by Crippen LogP contribution is -2.48. The van der Waals surface area contributed by atoms with Crippen molar-refractivity contribution in [3.8, 4) is 0 Å². The van der Waals surface area contributed by atoms with E-state index in [0.29, 0.717) is 0 Å². The second kappa shape index (κ2) is 6.63. The third-order valence-corrected chi connectivity index (χ3v) is 4.72. The third-order valence-electron chi connectivity index (χ3n) is 4.72. The smallest absolute Gasteiger partial charge is 0.0534 e. The molecule has 22 heavy (non-hydrogen) atoms. The molecule has 4 heteroatoms. The van der Waals surface area contributed by atoms with Gasteiger partial charge in [-0.1, -0.05) is 30.3 Å². The van der Waals surface area contributed by atoms with Gasteiger partial charge >= 0.3 is 0 Å². The summed E-state index contributed by atoms with van der Waals surface area (Å²) >= 11 is 0. The van der Waals surface area contributed by atoms with Crippen LogP contribution in [0.1, 0.15) is 30.9 Å². The van der Waals surface area contributed by atoms with E-state index in [1.54, 1.807) is 0 Å². The fourth-order valence-corrected chi connectivity index (χ4v) is 3.39. The van der Waals surface area contributed by atoms with E-state index in [-0.39, 0.29) is 5.54 Å². The van der Waals surface area contributed by atoms with Gasteiger partial charge in [-0.05, 0) is 31.9 Å². The van der Waals surface area contributed by atoms with Crippen LogP contribution in [0, 0.1) is 0 Å². The Hall–Kier alpha value is -1.65. The van der Waals surface area contributed by atoms with Gasteiger partial charge in [-0.2, -0.15) is 5.10 Å². The molecule has 1 aromatic carbocycles. The first kappa shape index (κ1) is 15.3. The van der Waals surface area contributed by atoms with Gasteiger partial charge in [-0.25, -0.2) is 0 Å². The van der Waals surface area contributed by atoms with Gasteiger partial charge in [-0.15, -0.1) is 0 Å². The molecule has 0 spiro atoms. The van der Waals surface area contributed by atoms with Crippen LogP contribution in [0.2, 0.25) is 0 Å². The van der Waals surface area contributed by atoms with Crippen molar-refractivity contribution in [1.82, 2.24) is 20.0 Å². The van der Waals surface area contributed by atoms with Crippen molar-refractivity contribution in [2.24, 2.45) is 7.05 Å². The number of aromatic nitrogens is 2. The van der Waals surface area contributed by atoms with Gasteiger partial charge in [-0.3, -0.25) is 9.58 Å². The molecule has 118 valence electrons. The van der Waals surface area contributed by atoms with Crippen molar-refractivity contribution < 1.29 is 0 Å². The Balaban J connectivity index is 1.56. The average molecular weight is 298 g/mol. The summed E-state index contributed by atoms with van der Waals surface area (Å²) in [6.45, 7) is 6.54. The highest BCUT2D eigenvalue weighted by Gasteiger charge is 2.35. The Morgan fingerprint density at radius 1 is 1.23 bits per heavy atom. The van der Waals surface area contributed by atoms with Crippen LogP contribution in [0.4, 0.5) is 0 Å². The second-order valence-corrected chi connectivity index (χ2v) is 6.63. The molecule has 0 bridgehead atoms. The van der Waals surface area contributed by atoms with Crippen molar-refractivity contribution in [1.29, 1.82) is 0 Å². The molecule has 0 radical (unpaired) electrons. The number of nitrogens with one attached hydrogen (secondary N) is 1. The number of aryl methyl sites for hydroxylation is 1. The lowest BCUT2D eigenvalue weighted by molar-refractivity contribution is 0.144. The number of benzene rings is 1. The molecular formula is C18H26N4. The van der Waals surface area contributed by atoms with E-state index < -0.39 is 0 Å². The van der Waals surface area contributed by atoms with Gasteiger partial charge in [0, 0.05) is 44.0 Å². The first-order chi connectivity index (χ1) is 10.7. The van der Waals surface area contributed by atoms with Crippen molar-refractivity contribution in [3.63, 3.8) is 0 Å². The summed E-state index contributed by atoms with van der Waals surface area (Å²) < 4.78 is 1.86. The molecule has 2 aromatic rings. The van der Waals surface area contributed by atoms with Gasteiger partial charge in [0.15, 0.2) is 0 Å². The summed E-state index contributed by atoms with van der Waals surface area (Å²) in [6.07, 6.45) is 6.56. The Morgan fingerprint density at radius 3 is 2.77 bits per heavy atom. The van der Waals surface area contributed by atoms with Crippen LogP contribution in [-0.2, 0) is 20.1 Å². The van der Waals surface area contributed by atoms with Gasteiger partial charge < -0.3 is 5.32 Å². The number of hydrogen-bond acceptors (Lipinski definition) is 3. The minimum atomic E-state index is 0.248. The van der Waals surface area contributed by atoms with Crippen LogP contribution in [-0.4, -0.2) is 33.3 Å². The van der Waals surface area contributed by atoms with Crippen molar-refractivity contribution >= 4 is 0 Å². The maximum atomic E-state index is 4.22. The SMILES string of the molecule is Cn1cc(CNCC2(C)CCCN2Cc2ccccc2)cn1. The largest absolute Gasteiger partial charge is 0.311 e. The topological polar surface area (TPSA) is 33.1 Å². The van der Waals surface area contributed by atoms with Gasteiger partial charge in [0.05, 0.1) is 6.20 Å². The molecule has 1 unspecified atom stereocenters. The van der Waals surface area contributed by atoms with Crippen LogP contribution < -0.4 is 5.32 Å². The fraction of sp³-hybridized carbons (Fsp3) is 0.500. The van der Waals surface area contributed by atoms with Crippen LogP contribution in [0.25, 0.3) is 0 Å². The summed E-state index contributed by atoms with van der Waals surface area (Å²) in [7, 11) is 1.96. The number of hydrogen-bond donors (Lipinski definition) is 1. The summed E-state index contributed by atoms with van der Waals surface area (Å²) in [5.41, 5.74) is 2.90. The first-order valence-electron chi connectivity index (χ1n) is 8.13. The minimum Gasteiger partial charge on any atom is -0.311 e. The third kappa shape index (κ3) is 3.57. The summed E-state index contributed by atoms with van der Waals surface area (Å²) in [5, 5.41) is 7.84. The summed E-state index contributed by atoms with van der Waals surface area (Å²) in [4.78, 5) is 2.62.